The van der Waals surface area contributed by atoms with Gasteiger partial charge in [0.15, 0.2) is 11.8 Å². The second kappa shape index (κ2) is 10.3. The minimum atomic E-state index is 0.343. The van der Waals surface area contributed by atoms with Crippen LogP contribution in [-0.2, 0) is 13.6 Å². The Bertz CT molecular complexity index is 761. The van der Waals surface area contributed by atoms with Crippen molar-refractivity contribution >= 4 is 23.5 Å². The van der Waals surface area contributed by atoms with Crippen molar-refractivity contribution in [2.24, 2.45) is 12.0 Å². The molecule has 0 aromatic carbocycles. The highest BCUT2D eigenvalue weighted by atomic mass is 32.2. The molecule has 1 atom stereocenters. The van der Waals surface area contributed by atoms with Gasteiger partial charge in [-0.15, -0.1) is 10.2 Å². The van der Waals surface area contributed by atoms with Gasteiger partial charge in [-0.3, -0.25) is 0 Å². The van der Waals surface area contributed by atoms with Gasteiger partial charge in [0.1, 0.15) is 18.2 Å². The second-order valence-corrected chi connectivity index (χ2v) is 7.91. The van der Waals surface area contributed by atoms with Crippen LogP contribution < -0.4 is 15.5 Å². The molecule has 1 aliphatic heterocycles. The van der Waals surface area contributed by atoms with Gasteiger partial charge in [-0.05, 0) is 43.9 Å². The van der Waals surface area contributed by atoms with Gasteiger partial charge < -0.3 is 20.1 Å². The van der Waals surface area contributed by atoms with Gasteiger partial charge in [0.25, 0.3) is 0 Å². The molecular weight excluding hydrogens is 372 g/mol. The van der Waals surface area contributed by atoms with Crippen molar-refractivity contribution in [3.05, 3.63) is 36.0 Å². The maximum Gasteiger partial charge on any atom is 0.191 e. The highest BCUT2D eigenvalue weighted by Crippen LogP contribution is 2.17. The highest BCUT2D eigenvalue weighted by Gasteiger charge is 2.24. The number of aryl methyl sites for hydroxylation is 1. The van der Waals surface area contributed by atoms with Crippen LogP contribution in [0.2, 0.25) is 0 Å². The first kappa shape index (κ1) is 20.4. The Morgan fingerprint density at radius 1 is 1.36 bits per heavy atom. The van der Waals surface area contributed by atoms with Gasteiger partial charge >= 0.3 is 0 Å². The molecular formula is C19H30N8S. The number of rotatable bonds is 8. The molecule has 152 valence electrons. The third-order valence-corrected chi connectivity index (χ3v) is 5.58. The Kier molecular flexibility index (Phi) is 7.53. The number of hydrogen-bond acceptors (Lipinski definition) is 6. The predicted molar refractivity (Wildman–Crippen MR) is 116 cm³/mol. The Balaban J connectivity index is 1.60. The van der Waals surface area contributed by atoms with Gasteiger partial charge in [0.05, 0.1) is 0 Å². The number of nitrogens with one attached hydrogen (secondary N) is 2. The lowest BCUT2D eigenvalue weighted by molar-refractivity contribution is 0.641. The number of hydrogen-bond donors (Lipinski definition) is 2. The quantitative estimate of drug-likeness (QED) is 0.394. The van der Waals surface area contributed by atoms with Crippen molar-refractivity contribution in [2.45, 2.75) is 32.4 Å². The summed E-state index contributed by atoms with van der Waals surface area (Å²) >= 11 is 1.86. The molecule has 2 N–H and O–H groups in total. The molecule has 0 spiro atoms. The molecule has 1 aliphatic rings. The third-order valence-electron chi connectivity index (χ3n) is 4.88. The van der Waals surface area contributed by atoms with Gasteiger partial charge in [-0.2, -0.15) is 11.8 Å². The molecule has 0 amide bonds. The highest BCUT2D eigenvalue weighted by molar-refractivity contribution is 7.98. The molecule has 1 unspecified atom stereocenters. The van der Waals surface area contributed by atoms with Crippen molar-refractivity contribution in [3.8, 4) is 0 Å². The Hall–Kier alpha value is -2.29. The van der Waals surface area contributed by atoms with E-state index in [0.29, 0.717) is 12.6 Å². The lowest BCUT2D eigenvalue weighted by Gasteiger charge is -2.20. The van der Waals surface area contributed by atoms with E-state index in [2.05, 4.69) is 43.0 Å². The van der Waals surface area contributed by atoms with E-state index in [0.717, 1.165) is 61.7 Å². The average Bonchev–Trinajstić information content (AvgIpc) is 3.31. The summed E-state index contributed by atoms with van der Waals surface area (Å²) in [7, 11) is 1.97. The van der Waals surface area contributed by atoms with Crippen molar-refractivity contribution in [2.75, 3.05) is 36.5 Å². The molecule has 3 rings (SSSR count). The van der Waals surface area contributed by atoms with E-state index < -0.39 is 0 Å². The molecule has 28 heavy (non-hydrogen) atoms. The van der Waals surface area contributed by atoms with Crippen LogP contribution in [0.4, 0.5) is 5.82 Å². The van der Waals surface area contributed by atoms with Crippen molar-refractivity contribution in [3.63, 3.8) is 0 Å². The van der Waals surface area contributed by atoms with Gasteiger partial charge in [-0.1, -0.05) is 6.07 Å². The minimum absolute atomic E-state index is 0.343. The largest absolute Gasteiger partial charge is 0.356 e. The Labute approximate surface area is 171 Å². The van der Waals surface area contributed by atoms with Crippen LogP contribution in [0, 0.1) is 6.92 Å². The third kappa shape index (κ3) is 5.60. The van der Waals surface area contributed by atoms with E-state index in [1.165, 1.54) is 0 Å². The summed E-state index contributed by atoms with van der Waals surface area (Å²) in [5, 5.41) is 15.4. The maximum absolute atomic E-state index is 4.76. The number of thioether (sulfide) groups is 1. The van der Waals surface area contributed by atoms with Crippen molar-refractivity contribution in [1.82, 2.24) is 30.4 Å². The standard InChI is InChI=1S/C19H30N8S/c1-15-24-25-18(26(15)2)13-22-19(21-10-6-12-28-3)23-16-8-11-27(14-16)17-7-4-5-9-20-17/h4-5,7,9,16H,6,8,10-14H2,1-3H3,(H2,21,22,23). The summed E-state index contributed by atoms with van der Waals surface area (Å²) in [4.78, 5) is 11.5. The van der Waals surface area contributed by atoms with E-state index in [4.69, 9.17) is 4.99 Å². The summed E-state index contributed by atoms with van der Waals surface area (Å²) in [6, 6.07) is 6.39. The number of pyridine rings is 1. The Morgan fingerprint density at radius 2 is 2.25 bits per heavy atom. The molecule has 3 heterocycles. The molecule has 8 nitrogen and oxygen atoms in total. The lowest BCUT2D eigenvalue weighted by atomic mass is 10.3. The van der Waals surface area contributed by atoms with E-state index in [9.17, 15) is 0 Å². The van der Waals surface area contributed by atoms with Crippen molar-refractivity contribution < 1.29 is 0 Å². The monoisotopic (exact) mass is 402 g/mol. The number of aliphatic imine (C=N–C) groups is 1. The average molecular weight is 403 g/mol. The molecule has 0 bridgehead atoms. The normalized spacial score (nSPS) is 17.2. The first-order valence-electron chi connectivity index (χ1n) is 9.72. The zero-order chi connectivity index (χ0) is 19.8. The number of nitrogens with zero attached hydrogens (tertiary/aromatic N) is 6. The molecule has 2 aromatic heterocycles. The molecule has 9 heteroatoms. The second-order valence-electron chi connectivity index (χ2n) is 6.92. The first-order chi connectivity index (χ1) is 13.7. The zero-order valence-electron chi connectivity index (χ0n) is 16.9. The van der Waals surface area contributed by atoms with Crippen LogP contribution in [0.3, 0.4) is 0 Å². The fourth-order valence-electron chi connectivity index (χ4n) is 3.13. The molecule has 1 saturated heterocycles. The SMILES string of the molecule is CSCCCNC(=NCc1nnc(C)n1C)NC1CCN(c2ccccn2)C1. The molecule has 0 radical (unpaired) electrons. The van der Waals surface area contributed by atoms with Crippen LogP contribution in [-0.4, -0.2) is 63.4 Å². The van der Waals surface area contributed by atoms with Crippen LogP contribution in [0.5, 0.6) is 0 Å². The lowest BCUT2D eigenvalue weighted by Crippen LogP contribution is -2.45. The molecule has 2 aromatic rings. The number of anilines is 1. The predicted octanol–water partition coefficient (Wildman–Crippen LogP) is 1.59. The fourth-order valence-corrected chi connectivity index (χ4v) is 3.57. The Morgan fingerprint density at radius 3 is 2.96 bits per heavy atom. The minimum Gasteiger partial charge on any atom is -0.356 e. The summed E-state index contributed by atoms with van der Waals surface area (Å²) in [5.74, 6) is 4.78. The van der Waals surface area contributed by atoms with Crippen LogP contribution in [0.1, 0.15) is 24.5 Å². The summed E-state index contributed by atoms with van der Waals surface area (Å²) < 4.78 is 1.98. The van der Waals surface area contributed by atoms with Crippen LogP contribution >= 0.6 is 11.8 Å². The molecule has 0 aliphatic carbocycles. The van der Waals surface area contributed by atoms with E-state index in [-0.39, 0.29) is 0 Å². The summed E-state index contributed by atoms with van der Waals surface area (Å²) in [6.07, 6.45) is 6.15. The smallest absolute Gasteiger partial charge is 0.191 e. The summed E-state index contributed by atoms with van der Waals surface area (Å²) in [5.41, 5.74) is 0. The topological polar surface area (TPSA) is 83.3 Å². The first-order valence-corrected chi connectivity index (χ1v) is 11.1. The van der Waals surface area contributed by atoms with Crippen molar-refractivity contribution in [1.29, 1.82) is 0 Å². The van der Waals surface area contributed by atoms with E-state index in [1.807, 2.05) is 48.6 Å². The summed E-state index contributed by atoms with van der Waals surface area (Å²) in [6.45, 7) is 5.28. The van der Waals surface area contributed by atoms with Gasteiger partial charge in [0.2, 0.25) is 0 Å². The van der Waals surface area contributed by atoms with Crippen LogP contribution in [0.25, 0.3) is 0 Å². The maximum atomic E-state index is 4.76. The molecule has 1 fully saturated rings. The van der Waals surface area contributed by atoms with Crippen LogP contribution in [0.15, 0.2) is 29.4 Å². The molecule has 0 saturated carbocycles. The van der Waals surface area contributed by atoms with E-state index in [1.54, 1.807) is 0 Å². The van der Waals surface area contributed by atoms with Gasteiger partial charge in [-0.25, -0.2) is 9.98 Å². The number of aromatic nitrogens is 4. The van der Waals surface area contributed by atoms with Gasteiger partial charge in [0, 0.05) is 38.9 Å². The van der Waals surface area contributed by atoms with E-state index >= 15 is 0 Å². The number of guanidine groups is 1. The fraction of sp³-hybridized carbons (Fsp3) is 0.579. The zero-order valence-corrected chi connectivity index (χ0v) is 17.7.